The Hall–Kier alpha value is -0.740. The smallest absolute Gasteiger partial charge is 0.172 e. The lowest BCUT2D eigenvalue weighted by atomic mass is 10.1. The van der Waals surface area contributed by atoms with Crippen molar-refractivity contribution < 1.29 is 9.84 Å². The summed E-state index contributed by atoms with van der Waals surface area (Å²) in [4.78, 5) is 0. The Morgan fingerprint density at radius 2 is 2.29 bits per heavy atom. The number of rotatable bonds is 5. The summed E-state index contributed by atoms with van der Waals surface area (Å²) in [7, 11) is 1.58. The lowest BCUT2D eigenvalue weighted by molar-refractivity contribution is 0.371. The molecule has 2 atom stereocenters. The minimum absolute atomic E-state index is 0.181. The fourth-order valence-corrected chi connectivity index (χ4v) is 2.63. The van der Waals surface area contributed by atoms with Crippen molar-refractivity contribution in [1.82, 2.24) is 5.32 Å². The minimum Gasteiger partial charge on any atom is -0.503 e. The summed E-state index contributed by atoms with van der Waals surface area (Å²) < 4.78 is 5.87. The first kappa shape index (κ1) is 12.7. The molecule has 0 aromatic heterocycles. The van der Waals surface area contributed by atoms with E-state index in [-0.39, 0.29) is 5.75 Å². The van der Waals surface area contributed by atoms with E-state index in [4.69, 9.17) is 4.74 Å². The number of nitrogens with one attached hydrogen (secondary N) is 1. The van der Waals surface area contributed by atoms with E-state index in [9.17, 15) is 5.11 Å². The molecule has 0 radical (unpaired) electrons. The third kappa shape index (κ3) is 2.75. The summed E-state index contributed by atoms with van der Waals surface area (Å²) in [5, 5.41) is 13.1. The van der Waals surface area contributed by atoms with E-state index in [1.165, 1.54) is 12.0 Å². The molecule has 4 heteroatoms. The van der Waals surface area contributed by atoms with Crippen molar-refractivity contribution >= 4 is 15.9 Å². The predicted octanol–water partition coefficient (Wildman–Crippen LogP) is 2.88. The van der Waals surface area contributed by atoms with Gasteiger partial charge in [0.05, 0.1) is 11.6 Å². The topological polar surface area (TPSA) is 41.5 Å². The van der Waals surface area contributed by atoms with E-state index < -0.39 is 0 Å². The fraction of sp³-hybridized carbons (Fsp3) is 0.538. The molecule has 17 heavy (non-hydrogen) atoms. The largest absolute Gasteiger partial charge is 0.503 e. The highest BCUT2D eigenvalue weighted by molar-refractivity contribution is 9.10. The number of methoxy groups -OCH3 is 1. The van der Waals surface area contributed by atoms with Crippen molar-refractivity contribution in [1.29, 1.82) is 0 Å². The van der Waals surface area contributed by atoms with Gasteiger partial charge in [-0.3, -0.25) is 0 Å². The van der Waals surface area contributed by atoms with Gasteiger partial charge < -0.3 is 15.2 Å². The number of hydrogen-bond donors (Lipinski definition) is 2. The van der Waals surface area contributed by atoms with Gasteiger partial charge in [0, 0.05) is 0 Å². The monoisotopic (exact) mass is 299 g/mol. The normalized spacial score (nSPS) is 22.5. The zero-order valence-corrected chi connectivity index (χ0v) is 11.8. The molecule has 2 rings (SSSR count). The molecule has 1 fully saturated rings. The van der Waals surface area contributed by atoms with Crippen LogP contribution < -0.4 is 10.1 Å². The van der Waals surface area contributed by atoms with E-state index in [1.807, 2.05) is 12.1 Å². The van der Waals surface area contributed by atoms with Gasteiger partial charge in [0.15, 0.2) is 11.5 Å². The van der Waals surface area contributed by atoms with Crippen LogP contribution in [0.5, 0.6) is 11.5 Å². The number of phenolic OH excluding ortho intramolecular Hbond substituents is 1. The van der Waals surface area contributed by atoms with Crippen molar-refractivity contribution in [3.8, 4) is 11.5 Å². The number of hydrogen-bond acceptors (Lipinski definition) is 3. The van der Waals surface area contributed by atoms with Gasteiger partial charge in [-0.1, -0.05) is 6.92 Å². The Morgan fingerprint density at radius 3 is 2.94 bits per heavy atom. The van der Waals surface area contributed by atoms with Crippen LogP contribution in [-0.2, 0) is 0 Å². The first-order valence-corrected chi connectivity index (χ1v) is 6.73. The highest BCUT2D eigenvalue weighted by Gasteiger charge is 2.38. The second-order valence-electron chi connectivity index (χ2n) is 4.46. The Labute approximate surface area is 110 Å². The van der Waals surface area contributed by atoms with Gasteiger partial charge in [-0.05, 0) is 65.0 Å². The Kier molecular flexibility index (Phi) is 3.94. The number of benzene rings is 1. The van der Waals surface area contributed by atoms with E-state index in [0.717, 1.165) is 19.0 Å². The first-order valence-electron chi connectivity index (χ1n) is 5.94. The molecule has 94 valence electrons. The SMILES string of the molecule is CCNCC1CC1c1cc(Br)c(O)c(OC)c1. The second-order valence-corrected chi connectivity index (χ2v) is 5.32. The van der Waals surface area contributed by atoms with Crippen molar-refractivity contribution in [2.24, 2.45) is 5.92 Å². The van der Waals surface area contributed by atoms with E-state index >= 15 is 0 Å². The maximum absolute atomic E-state index is 9.75. The summed E-state index contributed by atoms with van der Waals surface area (Å²) >= 11 is 3.36. The van der Waals surface area contributed by atoms with Crippen LogP contribution >= 0.6 is 15.9 Å². The van der Waals surface area contributed by atoms with Crippen LogP contribution in [0.2, 0.25) is 0 Å². The molecule has 0 amide bonds. The molecule has 0 heterocycles. The maximum Gasteiger partial charge on any atom is 0.172 e. The van der Waals surface area contributed by atoms with Crippen LogP contribution in [0.25, 0.3) is 0 Å². The van der Waals surface area contributed by atoms with Crippen LogP contribution in [-0.4, -0.2) is 25.3 Å². The highest BCUT2D eigenvalue weighted by atomic mass is 79.9. The highest BCUT2D eigenvalue weighted by Crippen LogP contribution is 2.50. The molecule has 1 saturated carbocycles. The average Bonchev–Trinajstić information content (AvgIpc) is 3.09. The molecule has 2 N–H and O–H groups in total. The molecular formula is C13H18BrNO2. The molecule has 0 bridgehead atoms. The summed E-state index contributed by atoms with van der Waals surface area (Å²) in [6.45, 7) is 4.21. The van der Waals surface area contributed by atoms with Crippen LogP contribution in [0.4, 0.5) is 0 Å². The Balaban J connectivity index is 2.10. The van der Waals surface area contributed by atoms with E-state index in [1.54, 1.807) is 7.11 Å². The summed E-state index contributed by atoms with van der Waals surface area (Å²) in [5.41, 5.74) is 1.24. The van der Waals surface area contributed by atoms with E-state index in [0.29, 0.717) is 16.1 Å². The van der Waals surface area contributed by atoms with E-state index in [2.05, 4.69) is 28.2 Å². The van der Waals surface area contributed by atoms with Gasteiger partial charge in [-0.25, -0.2) is 0 Å². The molecule has 0 saturated heterocycles. The van der Waals surface area contributed by atoms with Crippen LogP contribution in [0, 0.1) is 5.92 Å². The number of aromatic hydroxyl groups is 1. The average molecular weight is 300 g/mol. The third-order valence-electron chi connectivity index (χ3n) is 3.28. The van der Waals surface area contributed by atoms with Crippen LogP contribution in [0.3, 0.4) is 0 Å². The van der Waals surface area contributed by atoms with Gasteiger partial charge >= 0.3 is 0 Å². The van der Waals surface area contributed by atoms with Crippen LogP contribution in [0.15, 0.2) is 16.6 Å². The molecule has 2 unspecified atom stereocenters. The zero-order chi connectivity index (χ0) is 12.4. The summed E-state index contributed by atoms with van der Waals surface area (Å²) in [5.74, 6) is 2.04. The number of phenols is 1. The van der Waals surface area contributed by atoms with Gasteiger partial charge in [0.25, 0.3) is 0 Å². The molecule has 0 aliphatic heterocycles. The standard InChI is InChI=1S/C13H18BrNO2/c1-3-15-7-9-4-10(9)8-5-11(14)13(16)12(6-8)17-2/h5-6,9-10,15-16H,3-4,7H2,1-2H3. The maximum atomic E-state index is 9.75. The first-order chi connectivity index (χ1) is 8.17. The van der Waals surface area contributed by atoms with Crippen molar-refractivity contribution in [2.75, 3.05) is 20.2 Å². The Bertz CT molecular complexity index is 409. The van der Waals surface area contributed by atoms with Crippen LogP contribution in [0.1, 0.15) is 24.8 Å². The molecule has 0 spiro atoms. The zero-order valence-electron chi connectivity index (χ0n) is 10.2. The quantitative estimate of drug-likeness (QED) is 0.878. The van der Waals surface area contributed by atoms with Crippen molar-refractivity contribution in [3.63, 3.8) is 0 Å². The Morgan fingerprint density at radius 1 is 1.53 bits per heavy atom. The summed E-state index contributed by atoms with van der Waals surface area (Å²) in [6, 6.07) is 3.94. The minimum atomic E-state index is 0.181. The molecule has 1 aromatic rings. The van der Waals surface area contributed by atoms with Crippen molar-refractivity contribution in [3.05, 3.63) is 22.2 Å². The third-order valence-corrected chi connectivity index (χ3v) is 3.88. The van der Waals surface area contributed by atoms with Gasteiger partial charge in [0.2, 0.25) is 0 Å². The van der Waals surface area contributed by atoms with Gasteiger partial charge in [0.1, 0.15) is 0 Å². The molecule has 1 aromatic carbocycles. The predicted molar refractivity (Wildman–Crippen MR) is 71.8 cm³/mol. The molecular weight excluding hydrogens is 282 g/mol. The summed E-state index contributed by atoms with van der Waals surface area (Å²) in [6.07, 6.45) is 1.22. The molecule has 3 nitrogen and oxygen atoms in total. The second kappa shape index (κ2) is 5.27. The van der Waals surface area contributed by atoms with Gasteiger partial charge in [-0.15, -0.1) is 0 Å². The lowest BCUT2D eigenvalue weighted by Crippen LogP contribution is -2.16. The number of halogens is 1. The lowest BCUT2D eigenvalue weighted by Gasteiger charge is -2.09. The van der Waals surface area contributed by atoms with Crippen molar-refractivity contribution in [2.45, 2.75) is 19.3 Å². The number of ether oxygens (including phenoxy) is 1. The molecule has 1 aliphatic rings. The van der Waals surface area contributed by atoms with Gasteiger partial charge in [-0.2, -0.15) is 0 Å². The molecule has 1 aliphatic carbocycles. The fourth-order valence-electron chi connectivity index (χ4n) is 2.17.